The van der Waals surface area contributed by atoms with Crippen molar-refractivity contribution < 1.29 is 22.8 Å². The molecule has 0 spiro atoms. The smallest absolute Gasteiger partial charge is 0.360 e. The normalized spacial score (nSPS) is 10.4. The lowest BCUT2D eigenvalue weighted by molar-refractivity contribution is 0.0514. The molecule has 0 aliphatic carbocycles. The van der Waals surface area contributed by atoms with Crippen molar-refractivity contribution in [1.29, 1.82) is 0 Å². The number of rotatable bonds is 3. The van der Waals surface area contributed by atoms with Crippen LogP contribution in [0.25, 0.3) is 11.3 Å². The van der Waals surface area contributed by atoms with Crippen molar-refractivity contribution in [2.75, 3.05) is 6.61 Å². The second-order valence-corrected chi connectivity index (χ2v) is 3.45. The highest BCUT2D eigenvalue weighted by Crippen LogP contribution is 2.22. The molecule has 0 amide bonds. The molecule has 0 unspecified atom stereocenters. The molecule has 0 radical (unpaired) electrons. The van der Waals surface area contributed by atoms with E-state index in [0.29, 0.717) is 0 Å². The molecule has 0 saturated carbocycles. The van der Waals surface area contributed by atoms with Gasteiger partial charge in [0.1, 0.15) is 11.6 Å². The standard InChI is InChI=1S/C12H9F2NO3/c1-2-17-12(16)10-6-11(18-15-10)7-3-8(13)5-9(14)4-7/h3-6H,2H2,1H3. The van der Waals surface area contributed by atoms with Gasteiger partial charge in [0.05, 0.1) is 6.61 Å². The van der Waals surface area contributed by atoms with Crippen molar-refractivity contribution in [2.24, 2.45) is 0 Å². The first kappa shape index (κ1) is 12.2. The molecule has 1 aromatic heterocycles. The number of nitrogens with zero attached hydrogens (tertiary/aromatic N) is 1. The summed E-state index contributed by atoms with van der Waals surface area (Å²) in [6.45, 7) is 1.86. The fourth-order valence-corrected chi connectivity index (χ4v) is 1.41. The summed E-state index contributed by atoms with van der Waals surface area (Å²) in [5, 5.41) is 3.48. The van der Waals surface area contributed by atoms with Gasteiger partial charge in [0.2, 0.25) is 0 Å². The molecular formula is C12H9F2NO3. The summed E-state index contributed by atoms with van der Waals surface area (Å²) in [6.07, 6.45) is 0. The average molecular weight is 253 g/mol. The molecule has 0 aliphatic heterocycles. The number of ether oxygens (including phenoxy) is 1. The van der Waals surface area contributed by atoms with Gasteiger partial charge in [0.25, 0.3) is 0 Å². The molecule has 4 nitrogen and oxygen atoms in total. The molecule has 18 heavy (non-hydrogen) atoms. The van der Waals surface area contributed by atoms with Crippen LogP contribution in [-0.4, -0.2) is 17.7 Å². The number of benzene rings is 1. The molecule has 2 rings (SSSR count). The predicted molar refractivity (Wildman–Crippen MR) is 57.8 cm³/mol. The molecule has 1 heterocycles. The Balaban J connectivity index is 2.32. The van der Waals surface area contributed by atoms with Crippen molar-refractivity contribution >= 4 is 5.97 Å². The highest BCUT2D eigenvalue weighted by atomic mass is 19.1. The largest absolute Gasteiger partial charge is 0.461 e. The van der Waals surface area contributed by atoms with Crippen LogP contribution in [-0.2, 0) is 4.74 Å². The molecule has 0 aliphatic rings. The highest BCUT2D eigenvalue weighted by molar-refractivity contribution is 5.88. The maximum atomic E-state index is 13.0. The van der Waals surface area contributed by atoms with E-state index < -0.39 is 17.6 Å². The van der Waals surface area contributed by atoms with Crippen molar-refractivity contribution in [3.63, 3.8) is 0 Å². The predicted octanol–water partition coefficient (Wildman–Crippen LogP) is 2.80. The molecule has 0 N–H and O–H groups in total. The molecule has 0 fully saturated rings. The molecule has 0 saturated heterocycles. The van der Waals surface area contributed by atoms with Crippen molar-refractivity contribution in [3.8, 4) is 11.3 Å². The molecular weight excluding hydrogens is 244 g/mol. The topological polar surface area (TPSA) is 52.3 Å². The van der Waals surface area contributed by atoms with Gasteiger partial charge in [0, 0.05) is 17.7 Å². The minimum absolute atomic E-state index is 0.0449. The fourth-order valence-electron chi connectivity index (χ4n) is 1.41. The van der Waals surface area contributed by atoms with Crippen LogP contribution in [0, 0.1) is 11.6 Å². The quantitative estimate of drug-likeness (QED) is 0.789. The Labute approximate surface area is 101 Å². The van der Waals surface area contributed by atoms with E-state index in [1.54, 1.807) is 6.92 Å². The Morgan fingerprint density at radius 2 is 1.94 bits per heavy atom. The zero-order valence-electron chi connectivity index (χ0n) is 9.44. The zero-order valence-corrected chi connectivity index (χ0v) is 9.44. The van der Waals surface area contributed by atoms with Crippen LogP contribution in [0.3, 0.4) is 0 Å². The van der Waals surface area contributed by atoms with Crippen LogP contribution in [0.1, 0.15) is 17.4 Å². The van der Waals surface area contributed by atoms with E-state index in [0.717, 1.165) is 18.2 Å². The first-order valence-electron chi connectivity index (χ1n) is 5.20. The monoisotopic (exact) mass is 253 g/mol. The summed E-state index contributed by atoms with van der Waals surface area (Å²) >= 11 is 0. The lowest BCUT2D eigenvalue weighted by atomic mass is 10.1. The average Bonchev–Trinajstić information content (AvgIpc) is 2.77. The highest BCUT2D eigenvalue weighted by Gasteiger charge is 2.15. The number of carbonyl (C=O) groups excluding carboxylic acids is 1. The van der Waals surface area contributed by atoms with Gasteiger partial charge in [-0.25, -0.2) is 13.6 Å². The van der Waals surface area contributed by atoms with Crippen LogP contribution >= 0.6 is 0 Å². The van der Waals surface area contributed by atoms with E-state index in [1.807, 2.05) is 0 Å². The lowest BCUT2D eigenvalue weighted by Gasteiger charge is -1.96. The van der Waals surface area contributed by atoms with E-state index in [1.165, 1.54) is 6.07 Å². The Morgan fingerprint density at radius 1 is 1.28 bits per heavy atom. The summed E-state index contributed by atoms with van der Waals surface area (Å²) < 4.78 is 35.6. The number of halogens is 2. The van der Waals surface area contributed by atoms with Gasteiger partial charge in [-0.3, -0.25) is 0 Å². The second-order valence-electron chi connectivity index (χ2n) is 3.45. The van der Waals surface area contributed by atoms with Gasteiger partial charge in [-0.2, -0.15) is 0 Å². The molecule has 2 aromatic rings. The Morgan fingerprint density at radius 3 is 2.56 bits per heavy atom. The lowest BCUT2D eigenvalue weighted by Crippen LogP contribution is -2.04. The molecule has 0 bridgehead atoms. The summed E-state index contributed by atoms with van der Waals surface area (Å²) in [5.74, 6) is -2.03. The minimum atomic E-state index is -0.737. The van der Waals surface area contributed by atoms with Gasteiger partial charge >= 0.3 is 5.97 Å². The van der Waals surface area contributed by atoms with Crippen LogP contribution in [0.15, 0.2) is 28.8 Å². The third-order valence-corrected chi connectivity index (χ3v) is 2.14. The maximum Gasteiger partial charge on any atom is 0.360 e. The van der Waals surface area contributed by atoms with Crippen LogP contribution < -0.4 is 0 Å². The van der Waals surface area contributed by atoms with Crippen LogP contribution in [0.2, 0.25) is 0 Å². The second kappa shape index (κ2) is 4.95. The zero-order chi connectivity index (χ0) is 13.1. The Kier molecular flexibility index (Phi) is 3.36. The number of esters is 1. The maximum absolute atomic E-state index is 13.0. The van der Waals surface area contributed by atoms with Crippen molar-refractivity contribution in [2.45, 2.75) is 6.92 Å². The van der Waals surface area contributed by atoms with E-state index in [9.17, 15) is 13.6 Å². The first-order valence-corrected chi connectivity index (χ1v) is 5.20. The Hall–Kier alpha value is -2.24. The number of hydrogen-bond acceptors (Lipinski definition) is 4. The summed E-state index contributed by atoms with van der Waals surface area (Å²) in [6, 6.07) is 4.18. The van der Waals surface area contributed by atoms with Crippen LogP contribution in [0.5, 0.6) is 0 Å². The van der Waals surface area contributed by atoms with Gasteiger partial charge in [-0.05, 0) is 19.1 Å². The fraction of sp³-hybridized carbons (Fsp3) is 0.167. The van der Waals surface area contributed by atoms with Crippen LogP contribution in [0.4, 0.5) is 8.78 Å². The van der Waals surface area contributed by atoms with Crippen molar-refractivity contribution in [3.05, 3.63) is 41.6 Å². The Bertz CT molecular complexity index is 560. The summed E-state index contributed by atoms with van der Waals surface area (Å²) in [7, 11) is 0. The van der Waals surface area contributed by atoms with E-state index >= 15 is 0 Å². The van der Waals surface area contributed by atoms with Crippen molar-refractivity contribution in [1.82, 2.24) is 5.16 Å². The van der Waals surface area contributed by atoms with E-state index in [2.05, 4.69) is 5.16 Å². The summed E-state index contributed by atoms with van der Waals surface area (Å²) in [5.41, 5.74) is 0.118. The third-order valence-electron chi connectivity index (χ3n) is 2.14. The first-order chi connectivity index (χ1) is 8.60. The van der Waals surface area contributed by atoms with E-state index in [4.69, 9.17) is 9.26 Å². The van der Waals surface area contributed by atoms with E-state index in [-0.39, 0.29) is 23.6 Å². The van der Waals surface area contributed by atoms with Gasteiger partial charge in [0.15, 0.2) is 11.5 Å². The molecule has 94 valence electrons. The summed E-state index contributed by atoms with van der Waals surface area (Å²) in [4.78, 5) is 11.3. The SMILES string of the molecule is CCOC(=O)c1cc(-c2cc(F)cc(F)c2)on1. The number of hydrogen-bond donors (Lipinski definition) is 0. The number of carbonyl (C=O) groups is 1. The van der Waals surface area contributed by atoms with Gasteiger partial charge in [-0.15, -0.1) is 0 Å². The molecule has 1 aromatic carbocycles. The third kappa shape index (κ3) is 2.53. The minimum Gasteiger partial charge on any atom is -0.461 e. The number of aromatic nitrogens is 1. The molecule has 6 heteroatoms. The van der Waals surface area contributed by atoms with Gasteiger partial charge < -0.3 is 9.26 Å². The van der Waals surface area contributed by atoms with Gasteiger partial charge in [-0.1, -0.05) is 5.16 Å². The molecule has 0 atom stereocenters.